The van der Waals surface area contributed by atoms with E-state index in [1.165, 1.54) is 31.4 Å². The summed E-state index contributed by atoms with van der Waals surface area (Å²) < 4.78 is 4.52. The van der Waals surface area contributed by atoms with Crippen LogP contribution in [0.1, 0.15) is 32.1 Å². The van der Waals surface area contributed by atoms with Crippen LogP contribution in [0.2, 0.25) is 0 Å². The van der Waals surface area contributed by atoms with E-state index in [9.17, 15) is 24.8 Å². The van der Waals surface area contributed by atoms with Crippen molar-refractivity contribution in [3.05, 3.63) is 45.7 Å². The van der Waals surface area contributed by atoms with Crippen molar-refractivity contribution in [3.63, 3.8) is 0 Å². The van der Waals surface area contributed by atoms with E-state index in [0.717, 1.165) is 0 Å². The number of carbonyl (C=O) groups excluding carboxylic acids is 2. The Morgan fingerprint density at radius 2 is 1.96 bits per heavy atom. The van der Waals surface area contributed by atoms with E-state index >= 15 is 0 Å². The number of benzene rings is 1. The zero-order valence-electron chi connectivity index (χ0n) is 13.7. The number of nitro groups is 1. The van der Waals surface area contributed by atoms with Crippen molar-refractivity contribution >= 4 is 28.8 Å². The van der Waals surface area contributed by atoms with E-state index in [0.29, 0.717) is 30.7 Å². The average molecular weight is 346 g/mol. The molecule has 1 saturated carbocycles. The van der Waals surface area contributed by atoms with E-state index in [1.807, 2.05) is 0 Å². The quantitative estimate of drug-likeness (QED) is 0.287. The van der Waals surface area contributed by atoms with E-state index in [1.54, 1.807) is 0 Å². The number of ether oxygens (including phenoxy) is 1. The highest BCUT2D eigenvalue weighted by atomic mass is 16.6. The van der Waals surface area contributed by atoms with Crippen molar-refractivity contribution in [1.82, 2.24) is 0 Å². The first kappa shape index (κ1) is 18.3. The van der Waals surface area contributed by atoms with Gasteiger partial charge in [-0.1, -0.05) is 0 Å². The molecule has 0 unspecified atom stereocenters. The molecule has 0 aromatic heterocycles. The van der Waals surface area contributed by atoms with Crippen LogP contribution in [0, 0.1) is 10.1 Å². The maximum Gasteiger partial charge on any atom is 0.305 e. The van der Waals surface area contributed by atoms with Gasteiger partial charge in [0, 0.05) is 25.0 Å². The first-order valence-corrected chi connectivity index (χ1v) is 7.77. The van der Waals surface area contributed by atoms with E-state index in [-0.39, 0.29) is 35.6 Å². The van der Waals surface area contributed by atoms with Crippen molar-refractivity contribution < 1.29 is 24.4 Å². The number of methoxy groups -OCH3 is 1. The molecule has 1 aromatic carbocycles. The summed E-state index contributed by atoms with van der Waals surface area (Å²) in [5, 5.41) is 20.9. The molecule has 0 heterocycles. The molecule has 0 saturated heterocycles. The normalized spacial score (nSPS) is 18.1. The standard InChI is InChI=1S/C17H18N2O6/c1-25-16(22)10-9-15(21)17-13(3-2-4-14(17)20)18-11-5-7-12(8-6-11)19(23)24/h5-8,21H,2-4,9-10H2,1H3/b17-15+,18-13?. The van der Waals surface area contributed by atoms with Crippen molar-refractivity contribution in [3.8, 4) is 0 Å². The van der Waals surface area contributed by atoms with Crippen LogP contribution in [0.5, 0.6) is 0 Å². The van der Waals surface area contributed by atoms with Gasteiger partial charge in [-0.15, -0.1) is 0 Å². The molecule has 1 N–H and O–H groups in total. The second-order valence-electron chi connectivity index (χ2n) is 5.51. The highest BCUT2D eigenvalue weighted by Gasteiger charge is 2.25. The number of hydrogen-bond acceptors (Lipinski definition) is 7. The molecule has 25 heavy (non-hydrogen) atoms. The van der Waals surface area contributed by atoms with Gasteiger partial charge in [-0.3, -0.25) is 24.7 Å². The summed E-state index contributed by atoms with van der Waals surface area (Å²) in [6, 6.07) is 5.61. The van der Waals surface area contributed by atoms with Crippen molar-refractivity contribution in [2.75, 3.05) is 7.11 Å². The van der Waals surface area contributed by atoms with E-state index in [2.05, 4.69) is 9.73 Å². The number of aliphatic hydroxyl groups excluding tert-OH is 1. The highest BCUT2D eigenvalue weighted by Crippen LogP contribution is 2.26. The third-order valence-corrected chi connectivity index (χ3v) is 3.79. The lowest BCUT2D eigenvalue weighted by Crippen LogP contribution is -2.21. The summed E-state index contributed by atoms with van der Waals surface area (Å²) in [7, 11) is 1.25. The van der Waals surface area contributed by atoms with Crippen LogP contribution in [0.15, 0.2) is 40.6 Å². The fourth-order valence-electron chi connectivity index (χ4n) is 2.52. The molecule has 0 atom stereocenters. The van der Waals surface area contributed by atoms with Gasteiger partial charge >= 0.3 is 5.97 Å². The Morgan fingerprint density at radius 3 is 2.56 bits per heavy atom. The highest BCUT2D eigenvalue weighted by molar-refractivity contribution is 6.24. The topological polar surface area (TPSA) is 119 Å². The summed E-state index contributed by atoms with van der Waals surface area (Å²) in [5.74, 6) is -0.894. The van der Waals surface area contributed by atoms with Crippen LogP contribution in [0.25, 0.3) is 0 Å². The predicted octanol–water partition coefficient (Wildman–Crippen LogP) is 3.19. The first-order valence-electron chi connectivity index (χ1n) is 7.77. The predicted molar refractivity (Wildman–Crippen MR) is 90.0 cm³/mol. The fourth-order valence-corrected chi connectivity index (χ4v) is 2.52. The molecular formula is C17H18N2O6. The van der Waals surface area contributed by atoms with Crippen LogP contribution in [0.3, 0.4) is 0 Å². The molecule has 8 heteroatoms. The van der Waals surface area contributed by atoms with Crippen LogP contribution < -0.4 is 0 Å². The van der Waals surface area contributed by atoms with Gasteiger partial charge in [0.25, 0.3) is 5.69 Å². The molecule has 1 aromatic rings. The molecule has 1 fully saturated rings. The maximum atomic E-state index is 12.2. The third kappa shape index (κ3) is 4.72. The van der Waals surface area contributed by atoms with Crippen LogP contribution in [0.4, 0.5) is 11.4 Å². The minimum atomic E-state index is -0.509. The number of nitrogens with zero attached hydrogens (tertiary/aromatic N) is 2. The summed E-state index contributed by atoms with van der Waals surface area (Å²) in [4.78, 5) is 37.9. The van der Waals surface area contributed by atoms with Gasteiger partial charge in [0.05, 0.1) is 35.4 Å². The lowest BCUT2D eigenvalue weighted by atomic mass is 9.89. The average Bonchev–Trinajstić information content (AvgIpc) is 2.60. The number of rotatable bonds is 5. The number of ketones is 1. The van der Waals surface area contributed by atoms with E-state index < -0.39 is 10.9 Å². The zero-order chi connectivity index (χ0) is 18.4. The Morgan fingerprint density at radius 1 is 1.28 bits per heavy atom. The van der Waals surface area contributed by atoms with Crippen molar-refractivity contribution in [1.29, 1.82) is 0 Å². The number of carbonyl (C=O) groups is 2. The molecular weight excluding hydrogens is 328 g/mol. The number of hydrogen-bond donors (Lipinski definition) is 1. The molecule has 8 nitrogen and oxygen atoms in total. The van der Waals surface area contributed by atoms with Gasteiger partial charge in [0.2, 0.25) is 0 Å². The monoisotopic (exact) mass is 346 g/mol. The summed E-state index contributed by atoms with van der Waals surface area (Å²) in [6.07, 6.45) is 1.37. The van der Waals surface area contributed by atoms with Gasteiger partial charge in [-0.2, -0.15) is 0 Å². The van der Waals surface area contributed by atoms with Crippen LogP contribution >= 0.6 is 0 Å². The Balaban J connectivity index is 2.30. The van der Waals surface area contributed by atoms with Crippen molar-refractivity contribution in [2.45, 2.75) is 32.1 Å². The smallest absolute Gasteiger partial charge is 0.305 e. The molecule has 2 rings (SSSR count). The molecule has 132 valence electrons. The lowest BCUT2D eigenvalue weighted by Gasteiger charge is -2.17. The number of nitro benzene ring substituents is 1. The second kappa shape index (κ2) is 8.18. The van der Waals surface area contributed by atoms with Gasteiger partial charge in [0.15, 0.2) is 5.78 Å². The van der Waals surface area contributed by atoms with Crippen LogP contribution in [-0.2, 0) is 14.3 Å². The Hall–Kier alpha value is -3.03. The Kier molecular flexibility index (Phi) is 5.99. The summed E-state index contributed by atoms with van der Waals surface area (Å²) in [6.45, 7) is 0. The number of aliphatic imine (C=N–C) groups is 1. The lowest BCUT2D eigenvalue weighted by molar-refractivity contribution is -0.384. The Labute approximate surface area is 144 Å². The SMILES string of the molecule is COC(=O)CC/C(O)=C1\C(=O)CCCC1=Nc1ccc([N+](=O)[O-])cc1. The summed E-state index contributed by atoms with van der Waals surface area (Å²) in [5.41, 5.74) is 0.954. The molecule has 0 spiro atoms. The number of allylic oxidation sites excluding steroid dienone is 2. The first-order chi connectivity index (χ1) is 11.9. The van der Waals surface area contributed by atoms with Gasteiger partial charge in [-0.25, -0.2) is 0 Å². The largest absolute Gasteiger partial charge is 0.511 e. The van der Waals surface area contributed by atoms with Crippen molar-refractivity contribution in [2.24, 2.45) is 4.99 Å². The second-order valence-corrected chi connectivity index (χ2v) is 5.51. The molecule has 0 aliphatic heterocycles. The fraction of sp³-hybridized carbons (Fsp3) is 0.353. The minimum Gasteiger partial charge on any atom is -0.511 e. The number of non-ortho nitro benzene ring substituents is 1. The molecule has 1 aliphatic rings. The number of aliphatic hydroxyl groups is 1. The Bertz CT molecular complexity index is 749. The molecule has 1 aliphatic carbocycles. The van der Waals surface area contributed by atoms with Gasteiger partial charge < -0.3 is 9.84 Å². The minimum absolute atomic E-state index is 0.00692. The molecule has 0 radical (unpaired) electrons. The maximum absolute atomic E-state index is 12.2. The van der Waals surface area contributed by atoms with E-state index in [4.69, 9.17) is 0 Å². The summed E-state index contributed by atoms with van der Waals surface area (Å²) >= 11 is 0. The van der Waals surface area contributed by atoms with Gasteiger partial charge in [-0.05, 0) is 25.0 Å². The zero-order valence-corrected chi connectivity index (χ0v) is 13.7. The molecule has 0 amide bonds. The third-order valence-electron chi connectivity index (χ3n) is 3.79. The molecule has 0 bridgehead atoms. The van der Waals surface area contributed by atoms with Crippen LogP contribution in [-0.4, -0.2) is 34.6 Å². The number of Topliss-reactive ketones (excluding diaryl/α,β-unsaturated/α-hetero) is 1. The van der Waals surface area contributed by atoms with Gasteiger partial charge in [0.1, 0.15) is 5.76 Å². The number of esters is 1.